The van der Waals surface area contributed by atoms with Crippen LogP contribution in [0.3, 0.4) is 0 Å². The van der Waals surface area contributed by atoms with Gasteiger partial charge in [0.05, 0.1) is 6.04 Å². The van der Waals surface area contributed by atoms with Gasteiger partial charge in [-0.3, -0.25) is 0 Å². The zero-order valence-corrected chi connectivity index (χ0v) is 8.77. The molecule has 0 bridgehead atoms. The monoisotopic (exact) mass is 212 g/mol. The number of rotatable bonds is 3. The van der Waals surface area contributed by atoms with Gasteiger partial charge in [0.15, 0.2) is 0 Å². The first-order chi connectivity index (χ1) is 7.25. The van der Waals surface area contributed by atoms with Gasteiger partial charge in [-0.2, -0.15) is 0 Å². The van der Waals surface area contributed by atoms with E-state index in [0.717, 1.165) is 26.1 Å². The normalized spacial score (nSPS) is 20.1. The summed E-state index contributed by atoms with van der Waals surface area (Å²) in [6.45, 7) is 3.38. The van der Waals surface area contributed by atoms with E-state index in [1.54, 1.807) is 0 Å². The zero-order chi connectivity index (χ0) is 10.7. The number of nitrogens with one attached hydrogen (secondary N) is 1. The number of ether oxygens (including phenoxy) is 1. The van der Waals surface area contributed by atoms with Crippen LogP contribution in [0.4, 0.5) is 6.01 Å². The zero-order valence-electron chi connectivity index (χ0n) is 8.77. The van der Waals surface area contributed by atoms with Crippen molar-refractivity contribution in [1.29, 1.82) is 0 Å². The van der Waals surface area contributed by atoms with Crippen LogP contribution in [0.1, 0.15) is 31.7 Å². The Morgan fingerprint density at radius 1 is 1.40 bits per heavy atom. The Morgan fingerprint density at radius 2 is 2.13 bits per heavy atom. The third-order valence-corrected chi connectivity index (χ3v) is 2.38. The van der Waals surface area contributed by atoms with Gasteiger partial charge in [0, 0.05) is 19.3 Å². The molecule has 0 spiro atoms. The van der Waals surface area contributed by atoms with E-state index in [0.29, 0.717) is 17.9 Å². The van der Waals surface area contributed by atoms with Crippen LogP contribution in [0, 0.1) is 0 Å². The second-order valence-electron chi connectivity index (χ2n) is 3.77. The van der Waals surface area contributed by atoms with E-state index in [4.69, 9.17) is 14.9 Å². The average molecular weight is 212 g/mol. The molecule has 0 saturated carbocycles. The number of anilines is 1. The molecule has 1 aliphatic heterocycles. The molecule has 6 heteroatoms. The molecule has 1 saturated heterocycles. The van der Waals surface area contributed by atoms with Gasteiger partial charge in [-0.1, -0.05) is 5.10 Å². The van der Waals surface area contributed by atoms with Crippen LogP contribution in [0.25, 0.3) is 0 Å². The average Bonchev–Trinajstić information content (AvgIpc) is 2.68. The minimum Gasteiger partial charge on any atom is -0.406 e. The lowest BCUT2D eigenvalue weighted by atomic mass is 10.1. The highest BCUT2D eigenvalue weighted by Crippen LogP contribution is 2.15. The van der Waals surface area contributed by atoms with Crippen LogP contribution >= 0.6 is 0 Å². The molecule has 1 aliphatic rings. The molecule has 6 nitrogen and oxygen atoms in total. The fourth-order valence-electron chi connectivity index (χ4n) is 1.49. The molecule has 15 heavy (non-hydrogen) atoms. The van der Waals surface area contributed by atoms with Crippen molar-refractivity contribution in [2.75, 3.05) is 18.5 Å². The molecule has 0 aliphatic carbocycles. The number of aromatic nitrogens is 2. The Morgan fingerprint density at radius 3 is 2.73 bits per heavy atom. The first kappa shape index (κ1) is 10.4. The van der Waals surface area contributed by atoms with E-state index < -0.39 is 0 Å². The molecule has 2 heterocycles. The Hall–Kier alpha value is -1.14. The van der Waals surface area contributed by atoms with E-state index in [1.807, 2.05) is 6.92 Å². The van der Waals surface area contributed by atoms with Gasteiger partial charge < -0.3 is 20.2 Å². The second-order valence-corrected chi connectivity index (χ2v) is 3.77. The van der Waals surface area contributed by atoms with Gasteiger partial charge in [0.1, 0.15) is 0 Å². The smallest absolute Gasteiger partial charge is 0.315 e. The maximum atomic E-state index is 5.62. The van der Waals surface area contributed by atoms with Crippen LogP contribution in [-0.4, -0.2) is 29.5 Å². The molecule has 1 aromatic rings. The van der Waals surface area contributed by atoms with Crippen molar-refractivity contribution in [1.82, 2.24) is 10.2 Å². The van der Waals surface area contributed by atoms with Crippen LogP contribution < -0.4 is 11.1 Å². The van der Waals surface area contributed by atoms with Crippen molar-refractivity contribution in [2.45, 2.75) is 31.8 Å². The molecule has 1 unspecified atom stereocenters. The first-order valence-corrected chi connectivity index (χ1v) is 5.19. The highest BCUT2D eigenvalue weighted by molar-refractivity contribution is 5.19. The number of hydrogen-bond acceptors (Lipinski definition) is 6. The Labute approximate surface area is 88.2 Å². The quantitative estimate of drug-likeness (QED) is 0.766. The van der Waals surface area contributed by atoms with Crippen LogP contribution in [0.15, 0.2) is 4.42 Å². The van der Waals surface area contributed by atoms with E-state index in [9.17, 15) is 0 Å². The second kappa shape index (κ2) is 4.59. The molecule has 1 atom stereocenters. The van der Waals surface area contributed by atoms with Gasteiger partial charge in [-0.25, -0.2) is 0 Å². The summed E-state index contributed by atoms with van der Waals surface area (Å²) in [5.41, 5.74) is 5.62. The fourth-order valence-corrected chi connectivity index (χ4v) is 1.49. The lowest BCUT2D eigenvalue weighted by Gasteiger charge is -2.21. The lowest BCUT2D eigenvalue weighted by Crippen LogP contribution is -2.27. The van der Waals surface area contributed by atoms with Crippen LogP contribution in [0.5, 0.6) is 0 Å². The highest BCUT2D eigenvalue weighted by Gasteiger charge is 2.17. The third-order valence-electron chi connectivity index (χ3n) is 2.38. The topological polar surface area (TPSA) is 86.2 Å². The van der Waals surface area contributed by atoms with Gasteiger partial charge in [-0.15, -0.1) is 5.10 Å². The van der Waals surface area contributed by atoms with Crippen LogP contribution in [0.2, 0.25) is 0 Å². The number of hydrogen-bond donors (Lipinski definition) is 2. The molecule has 2 rings (SSSR count). The Kier molecular flexibility index (Phi) is 3.17. The Bertz CT molecular complexity index is 307. The first-order valence-electron chi connectivity index (χ1n) is 5.19. The van der Waals surface area contributed by atoms with Gasteiger partial charge in [0.2, 0.25) is 5.89 Å². The summed E-state index contributed by atoms with van der Waals surface area (Å²) in [4.78, 5) is 0. The molecular formula is C9H16N4O2. The lowest BCUT2D eigenvalue weighted by molar-refractivity contribution is 0.0899. The van der Waals surface area contributed by atoms with E-state index in [-0.39, 0.29) is 6.04 Å². The molecular weight excluding hydrogens is 196 g/mol. The van der Waals surface area contributed by atoms with Crippen molar-refractivity contribution in [3.63, 3.8) is 0 Å². The fraction of sp³-hybridized carbons (Fsp3) is 0.778. The largest absolute Gasteiger partial charge is 0.406 e. The van der Waals surface area contributed by atoms with Gasteiger partial charge in [-0.05, 0) is 19.8 Å². The molecule has 0 aromatic carbocycles. The molecule has 0 radical (unpaired) electrons. The predicted molar refractivity (Wildman–Crippen MR) is 54.4 cm³/mol. The van der Waals surface area contributed by atoms with Crippen LogP contribution in [-0.2, 0) is 4.74 Å². The summed E-state index contributed by atoms with van der Waals surface area (Å²) in [6, 6.07) is 0.595. The highest BCUT2D eigenvalue weighted by atomic mass is 16.5. The number of nitrogens with zero attached hydrogens (tertiary/aromatic N) is 2. The number of nitrogens with two attached hydrogens (primary N) is 1. The molecule has 1 fully saturated rings. The summed E-state index contributed by atoms with van der Waals surface area (Å²) in [5.74, 6) is 0.463. The molecule has 3 N–H and O–H groups in total. The predicted octanol–water partition coefficient (Wildman–Crippen LogP) is 0.680. The molecule has 0 amide bonds. The van der Waals surface area contributed by atoms with E-state index in [1.165, 1.54) is 0 Å². The van der Waals surface area contributed by atoms with Crippen molar-refractivity contribution in [3.05, 3.63) is 5.89 Å². The summed E-state index contributed by atoms with van der Waals surface area (Å²) in [6.07, 6.45) is 1.94. The van der Waals surface area contributed by atoms with Crippen molar-refractivity contribution in [3.8, 4) is 0 Å². The van der Waals surface area contributed by atoms with Crippen molar-refractivity contribution < 1.29 is 9.15 Å². The van der Waals surface area contributed by atoms with Gasteiger partial charge in [0.25, 0.3) is 0 Å². The standard InChI is InChI=1S/C9H16N4O2/c1-6(10)8-12-13-9(15-8)11-7-2-4-14-5-3-7/h6-7H,2-5,10H2,1H3,(H,11,13). The summed E-state index contributed by atoms with van der Waals surface area (Å²) in [5, 5.41) is 10.9. The SMILES string of the molecule is CC(N)c1nnc(NC2CCOCC2)o1. The van der Waals surface area contributed by atoms with E-state index in [2.05, 4.69) is 15.5 Å². The van der Waals surface area contributed by atoms with Gasteiger partial charge >= 0.3 is 6.01 Å². The molecule has 84 valence electrons. The third kappa shape index (κ3) is 2.66. The summed E-state index contributed by atoms with van der Waals surface area (Å²) in [7, 11) is 0. The van der Waals surface area contributed by atoms with Crippen molar-refractivity contribution in [2.24, 2.45) is 5.73 Å². The Balaban J connectivity index is 1.91. The van der Waals surface area contributed by atoms with Crippen molar-refractivity contribution >= 4 is 6.01 Å². The maximum Gasteiger partial charge on any atom is 0.315 e. The summed E-state index contributed by atoms with van der Waals surface area (Å²) < 4.78 is 10.6. The minimum absolute atomic E-state index is 0.220. The van der Waals surface area contributed by atoms with E-state index >= 15 is 0 Å². The summed E-state index contributed by atoms with van der Waals surface area (Å²) >= 11 is 0. The maximum absolute atomic E-state index is 5.62. The minimum atomic E-state index is -0.220. The molecule has 1 aromatic heterocycles.